The molecule has 0 radical (unpaired) electrons. The second-order valence-electron chi connectivity index (χ2n) is 12.2. The third-order valence-electron chi connectivity index (χ3n) is 9.02. The molecule has 0 saturated heterocycles. The maximum absolute atomic E-state index is 5.16. The molecule has 0 amide bonds. The molecule has 7 aromatic rings. The highest BCUT2D eigenvalue weighted by Crippen LogP contribution is 2.34. The van der Waals surface area contributed by atoms with Gasteiger partial charge in [-0.3, -0.25) is 4.98 Å². The number of allylic oxidation sites excluding steroid dienone is 4. The predicted molar refractivity (Wildman–Crippen MR) is 217 cm³/mol. The van der Waals surface area contributed by atoms with Gasteiger partial charge in [0.15, 0.2) is 5.82 Å². The molecule has 50 heavy (non-hydrogen) atoms. The lowest BCUT2D eigenvalue weighted by Gasteiger charge is -2.16. The summed E-state index contributed by atoms with van der Waals surface area (Å²) in [5.41, 5.74) is 12.2. The zero-order valence-electron chi connectivity index (χ0n) is 27.0. The van der Waals surface area contributed by atoms with Crippen LogP contribution in [0.2, 0.25) is 0 Å². The van der Waals surface area contributed by atoms with E-state index in [0.717, 1.165) is 44.2 Å². The second kappa shape index (κ2) is 13.3. The molecule has 0 atom stereocenters. The van der Waals surface area contributed by atoms with Crippen molar-refractivity contribution in [2.45, 2.75) is 4.90 Å². The molecule has 3 nitrogen and oxygen atoms in total. The number of thiol groups is 2. The fraction of sp³-hybridized carbons (Fsp3) is 0. The molecular formula is C45H31N3S2. The lowest BCUT2D eigenvalue weighted by Crippen LogP contribution is -2.06. The second-order valence-corrected chi connectivity index (χ2v) is 14.3. The van der Waals surface area contributed by atoms with E-state index in [1.807, 2.05) is 24.4 Å². The first-order valence-corrected chi connectivity index (χ1v) is 18.4. The van der Waals surface area contributed by atoms with E-state index in [2.05, 4.69) is 151 Å². The molecule has 9 rings (SSSR count). The molecule has 2 aromatic heterocycles. The first-order chi connectivity index (χ1) is 24.7. The van der Waals surface area contributed by atoms with Crippen molar-refractivity contribution >= 4 is 49.4 Å². The highest BCUT2D eigenvalue weighted by molar-refractivity contribution is 8.02. The number of fused-ring (bicyclic) bond motifs is 3. The van der Waals surface area contributed by atoms with Crippen molar-refractivity contribution in [3.05, 3.63) is 186 Å². The zero-order chi connectivity index (χ0) is 33.3. The summed E-state index contributed by atoms with van der Waals surface area (Å²) in [7, 11) is 0. The molecule has 0 aliphatic carbocycles. The molecular weight excluding hydrogens is 647 g/mol. The minimum atomic E-state index is 0.717. The van der Waals surface area contributed by atoms with E-state index in [1.165, 1.54) is 59.9 Å². The molecule has 0 N–H and O–H groups in total. The molecule has 0 bridgehead atoms. The zero-order valence-corrected chi connectivity index (χ0v) is 28.8. The Bertz CT molecular complexity index is 2450. The van der Waals surface area contributed by atoms with E-state index in [-0.39, 0.29) is 0 Å². The van der Waals surface area contributed by atoms with Crippen LogP contribution in [0.15, 0.2) is 180 Å². The third-order valence-corrected chi connectivity index (χ3v) is 11.4. The number of aromatic nitrogens is 3. The lowest BCUT2D eigenvalue weighted by atomic mass is 10.0. The lowest BCUT2D eigenvalue weighted by molar-refractivity contribution is 1.17. The van der Waals surface area contributed by atoms with Gasteiger partial charge >= 0.3 is 0 Å². The maximum Gasteiger partial charge on any atom is 0.160 e. The maximum atomic E-state index is 5.16. The van der Waals surface area contributed by atoms with Crippen molar-refractivity contribution < 1.29 is 0 Å². The van der Waals surface area contributed by atoms with Crippen LogP contribution in [0.4, 0.5) is 0 Å². The Hall–Kier alpha value is -5.75. The Morgan fingerprint density at radius 3 is 1.76 bits per heavy atom. The first kappa shape index (κ1) is 30.3. The summed E-state index contributed by atoms with van der Waals surface area (Å²) in [4.78, 5) is 18.7. The third kappa shape index (κ3) is 6.02. The Morgan fingerprint density at radius 2 is 1.08 bits per heavy atom. The average Bonchev–Trinajstić information content (AvgIpc) is 3.21. The average molecular weight is 678 g/mol. The fourth-order valence-corrected chi connectivity index (χ4v) is 8.58. The largest absolute Gasteiger partial charge is 0.255 e. The minimum Gasteiger partial charge on any atom is -0.255 e. The normalized spacial score (nSPS) is 13.7. The quantitative estimate of drug-likeness (QED) is 0.136. The number of benzene rings is 5. The molecule has 238 valence electrons. The highest BCUT2D eigenvalue weighted by Gasteiger charge is 2.16. The smallest absolute Gasteiger partial charge is 0.160 e. The van der Waals surface area contributed by atoms with Crippen LogP contribution in [0.3, 0.4) is 0 Å². The van der Waals surface area contributed by atoms with Crippen molar-refractivity contribution in [1.82, 2.24) is 15.0 Å². The van der Waals surface area contributed by atoms with E-state index in [1.54, 1.807) is 0 Å². The first-order valence-electron chi connectivity index (χ1n) is 16.6. The summed E-state index contributed by atoms with van der Waals surface area (Å²) in [6.07, 6.45) is 10.8. The fourth-order valence-electron chi connectivity index (χ4n) is 6.34. The minimum absolute atomic E-state index is 0.717. The van der Waals surface area contributed by atoms with Crippen LogP contribution in [0.25, 0.3) is 61.9 Å². The van der Waals surface area contributed by atoms with Gasteiger partial charge in [0, 0.05) is 37.3 Å². The molecule has 2 aliphatic heterocycles. The number of pyridine rings is 1. The van der Waals surface area contributed by atoms with Gasteiger partial charge in [-0.25, -0.2) is 9.97 Å². The Balaban J connectivity index is 1.09. The van der Waals surface area contributed by atoms with Gasteiger partial charge in [-0.15, -0.1) is 0 Å². The molecule has 0 saturated carbocycles. The molecule has 2 aliphatic rings. The van der Waals surface area contributed by atoms with Gasteiger partial charge in [-0.1, -0.05) is 140 Å². The van der Waals surface area contributed by atoms with Crippen LogP contribution < -0.4 is 0 Å². The van der Waals surface area contributed by atoms with Crippen LogP contribution >= 0.6 is 22.7 Å². The Kier molecular flexibility index (Phi) is 8.05. The van der Waals surface area contributed by atoms with Gasteiger partial charge < -0.3 is 0 Å². The van der Waals surface area contributed by atoms with Crippen molar-refractivity contribution in [2.75, 3.05) is 0 Å². The van der Waals surface area contributed by atoms with Crippen LogP contribution in [0.1, 0.15) is 11.3 Å². The standard InChI is InChI=1S/C45H31N3S2/c1-3-8-30(9-4-1)32-13-17-34(18-14-32)39-28-40(48-45(47-39)37-21-15-33(16-22-37)31-10-5-2-6-11-31)42-26-24-38(29-49-42)41-25-23-36-20-19-35-12-7-27-46-43(35)44(36)50-41/h1-29,49-50H. The summed E-state index contributed by atoms with van der Waals surface area (Å²) in [6, 6.07) is 48.8. The van der Waals surface area contributed by atoms with Crippen LogP contribution in [-0.2, 0) is 0 Å². The van der Waals surface area contributed by atoms with E-state index >= 15 is 0 Å². The van der Waals surface area contributed by atoms with Crippen molar-refractivity contribution in [3.63, 3.8) is 0 Å². The van der Waals surface area contributed by atoms with E-state index in [9.17, 15) is 0 Å². The van der Waals surface area contributed by atoms with Gasteiger partial charge in [0.25, 0.3) is 0 Å². The van der Waals surface area contributed by atoms with E-state index in [0.29, 0.717) is 5.82 Å². The SMILES string of the molecule is C1=CC(c2cc(-c3ccc(-c4ccccc4)cc3)nc(-c3ccc(-c4ccccc4)cc3)n2)=[SH]C=C1C1=[SH]c2c(ccc3cccnc23)C=C1. The Morgan fingerprint density at radius 1 is 0.460 bits per heavy atom. The topological polar surface area (TPSA) is 38.7 Å². The van der Waals surface area contributed by atoms with Gasteiger partial charge in [-0.2, -0.15) is 22.7 Å². The molecule has 0 unspecified atom stereocenters. The van der Waals surface area contributed by atoms with Crippen molar-refractivity contribution in [2.24, 2.45) is 0 Å². The van der Waals surface area contributed by atoms with E-state index < -0.39 is 0 Å². The molecule has 0 spiro atoms. The molecule has 5 aromatic carbocycles. The van der Waals surface area contributed by atoms with Crippen molar-refractivity contribution in [1.29, 1.82) is 0 Å². The van der Waals surface area contributed by atoms with E-state index in [4.69, 9.17) is 15.0 Å². The summed E-state index contributed by atoms with van der Waals surface area (Å²) >= 11 is 2.27. The number of hydrogen-bond acceptors (Lipinski definition) is 3. The monoisotopic (exact) mass is 677 g/mol. The van der Waals surface area contributed by atoms with Crippen LogP contribution in [0.5, 0.6) is 0 Å². The van der Waals surface area contributed by atoms with Crippen LogP contribution in [-0.4, -0.2) is 24.7 Å². The Labute approximate surface area is 299 Å². The summed E-state index contributed by atoms with van der Waals surface area (Å²) in [5, 5.41) is 3.48. The van der Waals surface area contributed by atoms with Gasteiger partial charge in [-0.05, 0) is 63.1 Å². The molecule has 5 heteroatoms. The molecule has 4 heterocycles. The summed E-state index contributed by atoms with van der Waals surface area (Å²) in [6.45, 7) is 0. The predicted octanol–water partition coefficient (Wildman–Crippen LogP) is 10.9. The summed E-state index contributed by atoms with van der Waals surface area (Å²) in [5.74, 6) is 0.717. The number of nitrogens with zero attached hydrogens (tertiary/aromatic N) is 3. The summed E-state index contributed by atoms with van der Waals surface area (Å²) < 4.78 is 0. The number of rotatable bonds is 6. The van der Waals surface area contributed by atoms with Gasteiger partial charge in [0.1, 0.15) is 0 Å². The highest BCUT2D eigenvalue weighted by atomic mass is 32.1. The van der Waals surface area contributed by atoms with Crippen LogP contribution in [0, 0.1) is 0 Å². The molecule has 0 fully saturated rings. The number of hydrogen-bond donors (Lipinski definition) is 2. The van der Waals surface area contributed by atoms with Gasteiger partial charge in [0.2, 0.25) is 0 Å². The van der Waals surface area contributed by atoms with Crippen molar-refractivity contribution in [3.8, 4) is 44.9 Å². The van der Waals surface area contributed by atoms with Gasteiger partial charge in [0.05, 0.1) is 16.9 Å².